The average molecular weight is 111 g/mol. The quantitative estimate of drug-likeness (QED) is 0.441. The summed E-state index contributed by atoms with van der Waals surface area (Å²) in [5.74, 6) is 0. The summed E-state index contributed by atoms with van der Waals surface area (Å²) in [6.07, 6.45) is 2.01. The Morgan fingerprint density at radius 3 is 1.67 bits per heavy atom. The molecular weight excluding hydrogens is 103 g/mol. The van der Waals surface area contributed by atoms with Crippen molar-refractivity contribution in [1.82, 2.24) is 0 Å². The van der Waals surface area contributed by atoms with Crippen molar-refractivity contribution in [2.75, 3.05) is 0 Å². The van der Waals surface area contributed by atoms with Crippen LogP contribution in [0.25, 0.3) is 0 Å². The zero-order chi connectivity index (χ0) is 3.91. The van der Waals surface area contributed by atoms with E-state index in [4.69, 9.17) is 5.11 Å². The van der Waals surface area contributed by atoms with E-state index in [1.807, 2.05) is 6.92 Å². The van der Waals surface area contributed by atoms with Crippen LogP contribution < -0.4 is 0 Å². The summed E-state index contributed by atoms with van der Waals surface area (Å²) in [4.78, 5) is 0. The Labute approximate surface area is 80.5 Å². The van der Waals surface area contributed by atoms with Crippen molar-refractivity contribution in [1.29, 1.82) is 0 Å². The molecule has 0 aromatic heterocycles. The van der Waals surface area contributed by atoms with Crippen molar-refractivity contribution < 1.29 is 5.11 Å². The summed E-state index contributed by atoms with van der Waals surface area (Å²) in [6.45, 7) is 1.85. The summed E-state index contributed by atoms with van der Waals surface area (Å²) < 4.78 is 0. The largest absolute Gasteiger partial charge is 0.390 e. The standard InChI is InChI=1S/C4H8O.K/c1-4(5)2-3-4;/h5H,2-3H2,1H3;. The van der Waals surface area contributed by atoms with Crippen molar-refractivity contribution in [2.24, 2.45) is 0 Å². The molecule has 1 radical (unpaired) electrons. The van der Waals surface area contributed by atoms with Crippen LogP contribution in [0.3, 0.4) is 0 Å². The molecular formula is C4H8KO. The van der Waals surface area contributed by atoms with E-state index in [0.717, 1.165) is 12.8 Å². The van der Waals surface area contributed by atoms with Crippen LogP contribution in [0, 0.1) is 0 Å². The van der Waals surface area contributed by atoms with Crippen molar-refractivity contribution >= 4 is 51.4 Å². The van der Waals surface area contributed by atoms with Crippen molar-refractivity contribution in [2.45, 2.75) is 25.4 Å². The van der Waals surface area contributed by atoms with Crippen molar-refractivity contribution in [3.63, 3.8) is 0 Å². The van der Waals surface area contributed by atoms with Crippen LogP contribution in [0.5, 0.6) is 0 Å². The molecule has 0 spiro atoms. The van der Waals surface area contributed by atoms with Gasteiger partial charge in [-0.2, -0.15) is 0 Å². The predicted molar refractivity (Wildman–Crippen MR) is 25.6 cm³/mol. The van der Waals surface area contributed by atoms with Crippen molar-refractivity contribution in [3.8, 4) is 0 Å². The second kappa shape index (κ2) is 2.24. The fourth-order valence-corrected chi connectivity index (χ4v) is 0.181. The number of hydrogen-bond acceptors (Lipinski definition) is 1. The molecule has 1 rings (SSSR count). The molecule has 0 saturated heterocycles. The Kier molecular flexibility index (Phi) is 2.84. The topological polar surface area (TPSA) is 20.2 Å². The normalized spacial score (nSPS) is 25.0. The van der Waals surface area contributed by atoms with Gasteiger partial charge < -0.3 is 5.11 Å². The molecule has 1 N–H and O–H groups in total. The van der Waals surface area contributed by atoms with E-state index in [-0.39, 0.29) is 57.0 Å². The van der Waals surface area contributed by atoms with E-state index in [9.17, 15) is 0 Å². The fourth-order valence-electron chi connectivity index (χ4n) is 0.181. The number of rotatable bonds is 0. The molecule has 0 amide bonds. The van der Waals surface area contributed by atoms with E-state index >= 15 is 0 Å². The van der Waals surface area contributed by atoms with Gasteiger partial charge in [-0.05, 0) is 19.8 Å². The molecule has 6 heavy (non-hydrogen) atoms. The van der Waals surface area contributed by atoms with Crippen LogP contribution in [-0.2, 0) is 0 Å². The molecule has 0 heterocycles. The van der Waals surface area contributed by atoms with Gasteiger partial charge in [0.2, 0.25) is 0 Å². The molecule has 0 bridgehead atoms. The molecule has 0 aromatic rings. The van der Waals surface area contributed by atoms with Crippen LogP contribution in [0.2, 0.25) is 0 Å². The van der Waals surface area contributed by atoms with E-state index in [1.165, 1.54) is 0 Å². The average Bonchev–Trinajstić information content (AvgIpc) is 1.76. The maximum Gasteiger partial charge on any atom is 0.0622 e. The second-order valence-corrected chi connectivity index (χ2v) is 2.00. The Bertz CT molecular complexity index is 45.5. The van der Waals surface area contributed by atoms with Gasteiger partial charge in [-0.1, -0.05) is 0 Å². The van der Waals surface area contributed by atoms with Gasteiger partial charge in [-0.25, -0.2) is 0 Å². The first-order valence-corrected chi connectivity index (χ1v) is 1.93. The smallest absolute Gasteiger partial charge is 0.0622 e. The van der Waals surface area contributed by atoms with Crippen molar-refractivity contribution in [3.05, 3.63) is 0 Å². The van der Waals surface area contributed by atoms with Gasteiger partial charge in [0.15, 0.2) is 0 Å². The third-order valence-electron chi connectivity index (χ3n) is 0.974. The minimum atomic E-state index is -0.250. The minimum absolute atomic E-state index is 0. The van der Waals surface area contributed by atoms with Crippen LogP contribution in [0.4, 0.5) is 0 Å². The summed E-state index contributed by atoms with van der Waals surface area (Å²) >= 11 is 0. The van der Waals surface area contributed by atoms with Gasteiger partial charge in [0.25, 0.3) is 0 Å². The Balaban J connectivity index is 0.000000250. The number of hydrogen-bond donors (Lipinski definition) is 1. The SMILES string of the molecule is CC1(O)CC1.[K]. The molecule has 1 aliphatic rings. The molecule has 0 atom stereocenters. The molecule has 0 unspecified atom stereocenters. The van der Waals surface area contributed by atoms with E-state index in [2.05, 4.69) is 0 Å². The van der Waals surface area contributed by atoms with Crippen LogP contribution in [0.15, 0.2) is 0 Å². The van der Waals surface area contributed by atoms with Crippen LogP contribution >= 0.6 is 0 Å². The van der Waals surface area contributed by atoms with Gasteiger partial charge in [0.05, 0.1) is 5.60 Å². The summed E-state index contributed by atoms with van der Waals surface area (Å²) in [5.41, 5.74) is -0.250. The first-order chi connectivity index (χ1) is 2.21. The van der Waals surface area contributed by atoms with Gasteiger partial charge in [0, 0.05) is 51.4 Å². The monoisotopic (exact) mass is 111 g/mol. The predicted octanol–water partition coefficient (Wildman–Crippen LogP) is 0.150. The number of aliphatic hydroxyl groups is 1. The molecule has 2 heteroatoms. The third-order valence-corrected chi connectivity index (χ3v) is 0.974. The Morgan fingerprint density at radius 1 is 1.50 bits per heavy atom. The third kappa shape index (κ3) is 2.72. The zero-order valence-electron chi connectivity index (χ0n) is 4.36. The first kappa shape index (κ1) is 7.60. The fraction of sp³-hybridized carbons (Fsp3) is 1.00. The summed E-state index contributed by atoms with van der Waals surface area (Å²) in [6, 6.07) is 0. The molecule has 31 valence electrons. The molecule has 0 aliphatic heterocycles. The Morgan fingerprint density at radius 2 is 1.67 bits per heavy atom. The van der Waals surface area contributed by atoms with Crippen LogP contribution in [0.1, 0.15) is 19.8 Å². The van der Waals surface area contributed by atoms with Gasteiger partial charge >= 0.3 is 0 Å². The molecule has 1 fully saturated rings. The molecule has 1 nitrogen and oxygen atoms in total. The van der Waals surface area contributed by atoms with Crippen LogP contribution in [-0.4, -0.2) is 62.1 Å². The molecule has 1 aliphatic carbocycles. The maximum absolute atomic E-state index is 8.63. The summed E-state index contributed by atoms with van der Waals surface area (Å²) in [5, 5.41) is 8.63. The van der Waals surface area contributed by atoms with Gasteiger partial charge in [0.1, 0.15) is 0 Å². The molecule has 0 aromatic carbocycles. The van der Waals surface area contributed by atoms with E-state index < -0.39 is 0 Å². The van der Waals surface area contributed by atoms with E-state index in [1.54, 1.807) is 0 Å². The second-order valence-electron chi connectivity index (χ2n) is 2.00. The summed E-state index contributed by atoms with van der Waals surface area (Å²) in [7, 11) is 0. The maximum atomic E-state index is 8.63. The zero-order valence-corrected chi connectivity index (χ0v) is 7.48. The first-order valence-electron chi connectivity index (χ1n) is 1.93. The van der Waals surface area contributed by atoms with E-state index in [0.29, 0.717) is 0 Å². The van der Waals surface area contributed by atoms with Gasteiger partial charge in [-0.3, -0.25) is 0 Å². The molecule has 1 saturated carbocycles. The van der Waals surface area contributed by atoms with Gasteiger partial charge in [-0.15, -0.1) is 0 Å². The minimum Gasteiger partial charge on any atom is -0.390 e. The Hall–Kier alpha value is 1.60.